The molecule has 1 amide bonds. The Kier molecular flexibility index (Phi) is 5.27. The molecule has 7 nitrogen and oxygen atoms in total. The van der Waals surface area contributed by atoms with Gasteiger partial charge in [-0.05, 0) is 56.9 Å². The van der Waals surface area contributed by atoms with E-state index >= 15 is 0 Å². The Morgan fingerprint density at radius 3 is 2.66 bits per heavy atom. The summed E-state index contributed by atoms with van der Waals surface area (Å²) in [5.41, 5.74) is 0.0531. The second kappa shape index (κ2) is 7.72. The lowest BCUT2D eigenvalue weighted by molar-refractivity contribution is -0.195. The topological polar surface area (TPSA) is 87.6 Å². The van der Waals surface area contributed by atoms with Crippen LogP contribution in [0.5, 0.6) is 0 Å². The van der Waals surface area contributed by atoms with Crippen molar-refractivity contribution in [3.05, 3.63) is 54.0 Å². The number of rotatable bonds is 3. The fraction of sp³-hybridized carbons (Fsp3) is 0.500. The Labute approximate surface area is 171 Å². The van der Waals surface area contributed by atoms with Gasteiger partial charge in [-0.1, -0.05) is 12.1 Å². The van der Waals surface area contributed by atoms with Crippen molar-refractivity contribution >= 4 is 11.7 Å². The Balaban J connectivity index is 1.46. The van der Waals surface area contributed by atoms with Crippen LogP contribution in [0, 0.1) is 6.92 Å². The maximum atomic E-state index is 12.7. The first-order valence-electron chi connectivity index (χ1n) is 10.2. The second-order valence-electron chi connectivity index (χ2n) is 8.33. The number of hydrogen-bond donors (Lipinski definition) is 2. The van der Waals surface area contributed by atoms with E-state index in [1.165, 1.54) is 0 Å². The van der Waals surface area contributed by atoms with E-state index in [9.17, 15) is 9.90 Å². The molecule has 7 heteroatoms. The lowest BCUT2D eigenvalue weighted by Gasteiger charge is -2.53. The Hall–Kier alpha value is -2.51. The van der Waals surface area contributed by atoms with Gasteiger partial charge >= 0.3 is 0 Å². The first-order chi connectivity index (χ1) is 13.9. The normalized spacial score (nSPS) is 26.3. The molecular weight excluding hydrogens is 368 g/mol. The Morgan fingerprint density at radius 2 is 2.00 bits per heavy atom. The number of piperidine rings is 1. The summed E-state index contributed by atoms with van der Waals surface area (Å²) in [6.45, 7) is 5.92. The van der Waals surface area contributed by atoms with E-state index in [0.717, 1.165) is 24.5 Å². The summed E-state index contributed by atoms with van der Waals surface area (Å²) in [7, 11) is 0. The SMILES string of the molecule is Cc1ccc(N2CCC3(CC2)OCC[C@](C)(NC(=O)c2ccccn2)[C@H]3O)nc1. The van der Waals surface area contributed by atoms with Gasteiger partial charge in [0.25, 0.3) is 5.91 Å². The van der Waals surface area contributed by atoms with Crippen LogP contribution in [0.3, 0.4) is 0 Å². The van der Waals surface area contributed by atoms with Gasteiger partial charge in [0.05, 0.1) is 11.1 Å². The van der Waals surface area contributed by atoms with Gasteiger partial charge in [0.15, 0.2) is 0 Å². The fourth-order valence-corrected chi connectivity index (χ4v) is 4.39. The summed E-state index contributed by atoms with van der Waals surface area (Å²) in [6.07, 6.45) is 4.57. The average Bonchev–Trinajstić information content (AvgIpc) is 2.74. The van der Waals surface area contributed by atoms with Crippen molar-refractivity contribution in [1.29, 1.82) is 0 Å². The monoisotopic (exact) mass is 396 g/mol. The fourth-order valence-electron chi connectivity index (χ4n) is 4.39. The molecule has 2 atom stereocenters. The number of ether oxygens (including phenoxy) is 1. The highest BCUT2D eigenvalue weighted by molar-refractivity contribution is 5.92. The molecule has 4 rings (SSSR count). The van der Waals surface area contributed by atoms with E-state index in [0.29, 0.717) is 31.6 Å². The van der Waals surface area contributed by atoms with Crippen molar-refractivity contribution in [2.45, 2.75) is 50.4 Å². The third-order valence-corrected chi connectivity index (χ3v) is 6.24. The van der Waals surface area contributed by atoms with Crippen molar-refractivity contribution < 1.29 is 14.6 Å². The van der Waals surface area contributed by atoms with Crippen LogP contribution in [0.25, 0.3) is 0 Å². The molecular formula is C22H28N4O3. The van der Waals surface area contributed by atoms with Crippen LogP contribution in [0.4, 0.5) is 5.82 Å². The van der Waals surface area contributed by atoms with E-state index in [4.69, 9.17) is 4.74 Å². The molecule has 0 radical (unpaired) electrons. The molecule has 0 aromatic carbocycles. The Morgan fingerprint density at radius 1 is 1.21 bits per heavy atom. The zero-order valence-electron chi connectivity index (χ0n) is 17.0. The summed E-state index contributed by atoms with van der Waals surface area (Å²) in [6, 6.07) is 9.31. The summed E-state index contributed by atoms with van der Waals surface area (Å²) >= 11 is 0. The number of aliphatic hydroxyl groups is 1. The predicted molar refractivity (Wildman–Crippen MR) is 110 cm³/mol. The van der Waals surface area contributed by atoms with Crippen molar-refractivity contribution in [2.75, 3.05) is 24.6 Å². The molecule has 2 saturated heterocycles. The summed E-state index contributed by atoms with van der Waals surface area (Å²) in [4.78, 5) is 23.5. The third-order valence-electron chi connectivity index (χ3n) is 6.24. The summed E-state index contributed by atoms with van der Waals surface area (Å²) in [5, 5.41) is 14.3. The van der Waals surface area contributed by atoms with Gasteiger partial charge in [-0.15, -0.1) is 0 Å². The third kappa shape index (κ3) is 3.84. The van der Waals surface area contributed by atoms with Gasteiger partial charge in [-0.3, -0.25) is 9.78 Å². The number of aryl methyl sites for hydroxylation is 1. The van der Waals surface area contributed by atoms with Crippen LogP contribution >= 0.6 is 0 Å². The lowest BCUT2D eigenvalue weighted by Crippen LogP contribution is -2.69. The largest absolute Gasteiger partial charge is 0.388 e. The second-order valence-corrected chi connectivity index (χ2v) is 8.33. The van der Waals surface area contributed by atoms with E-state index in [-0.39, 0.29) is 5.91 Å². The molecule has 0 saturated carbocycles. The van der Waals surface area contributed by atoms with Crippen LogP contribution in [-0.2, 0) is 4.74 Å². The highest BCUT2D eigenvalue weighted by atomic mass is 16.5. The zero-order chi connectivity index (χ0) is 20.5. The number of carbonyl (C=O) groups excluding carboxylic acids is 1. The molecule has 0 unspecified atom stereocenters. The molecule has 2 aromatic heterocycles. The van der Waals surface area contributed by atoms with Crippen LogP contribution in [0.2, 0.25) is 0 Å². The van der Waals surface area contributed by atoms with E-state index < -0.39 is 17.2 Å². The zero-order valence-corrected chi connectivity index (χ0v) is 17.0. The minimum Gasteiger partial charge on any atom is -0.388 e. The van der Waals surface area contributed by atoms with Crippen LogP contribution in [0.1, 0.15) is 42.2 Å². The number of nitrogens with zero attached hydrogens (tertiary/aromatic N) is 3. The van der Waals surface area contributed by atoms with E-state index in [1.54, 1.807) is 24.4 Å². The van der Waals surface area contributed by atoms with Gasteiger partial charge in [0, 0.05) is 32.1 Å². The molecule has 2 aromatic rings. The number of hydrogen-bond acceptors (Lipinski definition) is 6. The predicted octanol–water partition coefficient (Wildman–Crippen LogP) is 2.09. The maximum absolute atomic E-state index is 12.7. The number of pyridine rings is 2. The molecule has 2 aliphatic heterocycles. The summed E-state index contributed by atoms with van der Waals surface area (Å²) in [5.74, 6) is 0.674. The molecule has 0 aliphatic carbocycles. The van der Waals surface area contributed by atoms with Gasteiger partial charge in [0.1, 0.15) is 17.6 Å². The molecule has 29 heavy (non-hydrogen) atoms. The summed E-state index contributed by atoms with van der Waals surface area (Å²) < 4.78 is 6.14. The number of anilines is 1. The van der Waals surface area contributed by atoms with E-state index in [2.05, 4.69) is 26.3 Å². The molecule has 1 spiro atoms. The average molecular weight is 396 g/mol. The highest BCUT2D eigenvalue weighted by Crippen LogP contribution is 2.40. The van der Waals surface area contributed by atoms with E-state index in [1.807, 2.05) is 26.1 Å². The van der Waals surface area contributed by atoms with Gasteiger partial charge in [-0.25, -0.2) is 4.98 Å². The standard InChI is InChI=1S/C22H28N4O3/c1-16-6-7-18(24-15-16)26-12-8-22(9-13-26)20(28)21(2,10-14-29-22)25-19(27)17-5-3-4-11-23-17/h3-7,11,15,20,28H,8-10,12-14H2,1-2H3,(H,25,27)/t20-,21+/m1/s1. The number of carbonyl (C=O) groups is 1. The number of aliphatic hydroxyl groups excluding tert-OH is 1. The molecule has 0 bridgehead atoms. The van der Waals surface area contributed by atoms with Crippen LogP contribution in [0.15, 0.2) is 42.7 Å². The number of aromatic nitrogens is 2. The van der Waals surface area contributed by atoms with Crippen LogP contribution in [-0.4, -0.2) is 57.9 Å². The highest BCUT2D eigenvalue weighted by Gasteiger charge is 2.54. The number of amides is 1. The van der Waals surface area contributed by atoms with Gasteiger partial charge in [0.2, 0.25) is 0 Å². The minimum absolute atomic E-state index is 0.273. The first-order valence-corrected chi connectivity index (χ1v) is 10.2. The van der Waals surface area contributed by atoms with Crippen molar-refractivity contribution in [2.24, 2.45) is 0 Å². The van der Waals surface area contributed by atoms with Crippen LogP contribution < -0.4 is 10.2 Å². The molecule has 2 aliphatic rings. The molecule has 154 valence electrons. The van der Waals surface area contributed by atoms with Gasteiger partial charge < -0.3 is 20.1 Å². The molecule has 2 N–H and O–H groups in total. The van der Waals surface area contributed by atoms with Crippen molar-refractivity contribution in [3.63, 3.8) is 0 Å². The smallest absolute Gasteiger partial charge is 0.270 e. The minimum atomic E-state index is -0.801. The van der Waals surface area contributed by atoms with Crippen molar-refractivity contribution in [1.82, 2.24) is 15.3 Å². The van der Waals surface area contributed by atoms with Crippen molar-refractivity contribution in [3.8, 4) is 0 Å². The Bertz CT molecular complexity index is 850. The molecule has 4 heterocycles. The number of nitrogens with one attached hydrogen (secondary N) is 1. The van der Waals surface area contributed by atoms with Gasteiger partial charge in [-0.2, -0.15) is 0 Å². The molecule has 2 fully saturated rings. The lowest BCUT2D eigenvalue weighted by atomic mass is 9.73. The first kappa shape index (κ1) is 19.8. The maximum Gasteiger partial charge on any atom is 0.270 e. The quantitative estimate of drug-likeness (QED) is 0.826.